The molecule has 0 unspecified atom stereocenters. The Balaban J connectivity index is 2.11. The van der Waals surface area contributed by atoms with Crippen molar-refractivity contribution < 1.29 is 4.79 Å². The molecule has 1 fully saturated rings. The van der Waals surface area contributed by atoms with Gasteiger partial charge in [0.1, 0.15) is 0 Å². The maximum absolute atomic E-state index is 12.7. The molecule has 20 heavy (non-hydrogen) atoms. The summed E-state index contributed by atoms with van der Waals surface area (Å²) >= 11 is 0. The molecule has 2 rings (SSSR count). The maximum Gasteiger partial charge on any atom is 0.230 e. The van der Waals surface area contributed by atoms with Crippen LogP contribution in [-0.2, 0) is 10.2 Å². The van der Waals surface area contributed by atoms with Gasteiger partial charge in [0.2, 0.25) is 5.91 Å². The third-order valence-electron chi connectivity index (χ3n) is 4.38. The summed E-state index contributed by atoms with van der Waals surface area (Å²) in [6.07, 6.45) is 6.16. The van der Waals surface area contributed by atoms with E-state index in [4.69, 9.17) is 5.73 Å². The van der Waals surface area contributed by atoms with E-state index in [1.54, 1.807) is 0 Å². The Bertz CT molecular complexity index is 450. The van der Waals surface area contributed by atoms with Crippen molar-refractivity contribution in [1.29, 1.82) is 0 Å². The summed E-state index contributed by atoms with van der Waals surface area (Å²) < 4.78 is 0. The Morgan fingerprint density at radius 1 is 1.30 bits per heavy atom. The molecule has 1 aromatic carbocycles. The molecular weight excluding hydrogens is 248 g/mol. The normalized spacial score (nSPS) is 17.1. The summed E-state index contributed by atoms with van der Waals surface area (Å²) in [6.45, 7) is 3.52. The fraction of sp³-hybridized carbons (Fsp3) is 0.588. The van der Waals surface area contributed by atoms with Crippen LogP contribution in [0.1, 0.15) is 49.7 Å². The molecule has 3 heteroatoms. The van der Waals surface area contributed by atoms with Crippen LogP contribution in [0, 0.1) is 6.92 Å². The van der Waals surface area contributed by atoms with Gasteiger partial charge in [-0.05, 0) is 44.7 Å². The van der Waals surface area contributed by atoms with E-state index in [2.05, 4.69) is 36.5 Å². The van der Waals surface area contributed by atoms with Gasteiger partial charge in [0.05, 0.1) is 5.41 Å². The molecule has 0 spiro atoms. The van der Waals surface area contributed by atoms with Crippen LogP contribution in [0.2, 0.25) is 0 Å². The van der Waals surface area contributed by atoms with Crippen molar-refractivity contribution in [3.8, 4) is 0 Å². The van der Waals surface area contributed by atoms with E-state index in [-0.39, 0.29) is 11.3 Å². The molecule has 0 saturated heterocycles. The van der Waals surface area contributed by atoms with Gasteiger partial charge in [0.25, 0.3) is 0 Å². The Morgan fingerprint density at radius 2 is 2.05 bits per heavy atom. The van der Waals surface area contributed by atoms with Gasteiger partial charge in [0, 0.05) is 6.54 Å². The molecule has 110 valence electrons. The van der Waals surface area contributed by atoms with Gasteiger partial charge in [-0.1, -0.05) is 42.7 Å². The summed E-state index contributed by atoms with van der Waals surface area (Å²) in [5.74, 6) is 0.206. The van der Waals surface area contributed by atoms with Gasteiger partial charge in [-0.2, -0.15) is 0 Å². The number of rotatable bonds is 6. The molecule has 0 bridgehead atoms. The van der Waals surface area contributed by atoms with Crippen LogP contribution in [0.25, 0.3) is 0 Å². The van der Waals surface area contributed by atoms with E-state index in [1.165, 1.54) is 11.1 Å². The first-order valence-corrected chi connectivity index (χ1v) is 7.74. The maximum atomic E-state index is 12.7. The lowest BCUT2D eigenvalue weighted by Gasteiger charge is -2.28. The molecule has 0 aliphatic heterocycles. The third kappa shape index (κ3) is 3.21. The van der Waals surface area contributed by atoms with E-state index < -0.39 is 0 Å². The molecule has 3 nitrogen and oxygen atoms in total. The van der Waals surface area contributed by atoms with Crippen molar-refractivity contribution >= 4 is 5.91 Å². The molecule has 0 atom stereocenters. The largest absolute Gasteiger partial charge is 0.355 e. The van der Waals surface area contributed by atoms with Crippen molar-refractivity contribution in [2.75, 3.05) is 13.1 Å². The summed E-state index contributed by atoms with van der Waals surface area (Å²) in [6, 6.07) is 8.43. The predicted molar refractivity (Wildman–Crippen MR) is 82.6 cm³/mol. The number of benzene rings is 1. The van der Waals surface area contributed by atoms with Gasteiger partial charge >= 0.3 is 0 Å². The van der Waals surface area contributed by atoms with Gasteiger partial charge in [0.15, 0.2) is 0 Å². The lowest BCUT2D eigenvalue weighted by Crippen LogP contribution is -2.43. The van der Waals surface area contributed by atoms with Crippen molar-refractivity contribution in [2.45, 2.75) is 50.9 Å². The summed E-state index contributed by atoms with van der Waals surface area (Å²) in [5, 5.41) is 3.12. The molecule has 0 aromatic heterocycles. The molecule has 3 N–H and O–H groups in total. The molecule has 1 aliphatic carbocycles. The number of carbonyl (C=O) groups excluding carboxylic acids is 1. The standard InChI is InChI=1S/C17H26N2O/c1-14-7-6-8-15(13-14)17(9-2-3-10-17)16(20)19-12-5-4-11-18/h6-8,13H,2-5,9-12,18H2,1H3,(H,19,20). The van der Waals surface area contributed by atoms with Crippen LogP contribution in [0.3, 0.4) is 0 Å². The summed E-state index contributed by atoms with van der Waals surface area (Å²) in [7, 11) is 0. The van der Waals surface area contributed by atoms with E-state index >= 15 is 0 Å². The molecule has 0 radical (unpaired) electrons. The molecule has 0 heterocycles. The Hall–Kier alpha value is -1.35. The second kappa shape index (κ2) is 6.89. The van der Waals surface area contributed by atoms with Crippen LogP contribution >= 0.6 is 0 Å². The average molecular weight is 274 g/mol. The highest BCUT2D eigenvalue weighted by Crippen LogP contribution is 2.41. The predicted octanol–water partition coefficient (Wildman–Crippen LogP) is 2.66. The lowest BCUT2D eigenvalue weighted by atomic mass is 9.77. The van der Waals surface area contributed by atoms with E-state index in [0.717, 1.165) is 45.1 Å². The van der Waals surface area contributed by atoms with Crippen LogP contribution in [0.4, 0.5) is 0 Å². The fourth-order valence-corrected chi connectivity index (χ4v) is 3.21. The summed E-state index contributed by atoms with van der Waals surface area (Å²) in [4.78, 5) is 12.7. The van der Waals surface area contributed by atoms with Gasteiger partial charge in [-0.25, -0.2) is 0 Å². The highest BCUT2D eigenvalue weighted by Gasteiger charge is 2.42. The zero-order valence-electron chi connectivity index (χ0n) is 12.5. The number of amides is 1. The second-order valence-corrected chi connectivity index (χ2v) is 5.91. The molecule has 1 amide bonds. The first-order valence-electron chi connectivity index (χ1n) is 7.74. The van der Waals surface area contributed by atoms with Crippen molar-refractivity contribution in [3.05, 3.63) is 35.4 Å². The quantitative estimate of drug-likeness (QED) is 0.784. The van der Waals surface area contributed by atoms with Crippen LogP contribution in [-0.4, -0.2) is 19.0 Å². The average Bonchev–Trinajstić information content (AvgIpc) is 2.94. The highest BCUT2D eigenvalue weighted by molar-refractivity contribution is 5.88. The highest BCUT2D eigenvalue weighted by atomic mass is 16.2. The minimum absolute atomic E-state index is 0.206. The number of carbonyl (C=O) groups is 1. The molecular formula is C17H26N2O. The van der Waals surface area contributed by atoms with Crippen LogP contribution in [0.5, 0.6) is 0 Å². The number of unbranched alkanes of at least 4 members (excludes halogenated alkanes) is 1. The first-order chi connectivity index (χ1) is 9.69. The van der Waals surface area contributed by atoms with Crippen LogP contribution in [0.15, 0.2) is 24.3 Å². The third-order valence-corrected chi connectivity index (χ3v) is 4.38. The minimum Gasteiger partial charge on any atom is -0.355 e. The number of hydrogen-bond acceptors (Lipinski definition) is 2. The Kier molecular flexibility index (Phi) is 5.18. The van der Waals surface area contributed by atoms with E-state index in [1.807, 2.05) is 0 Å². The first kappa shape index (κ1) is 15.0. The molecule has 1 saturated carbocycles. The van der Waals surface area contributed by atoms with Crippen molar-refractivity contribution in [3.63, 3.8) is 0 Å². The SMILES string of the molecule is Cc1cccc(C2(C(=O)NCCCCN)CCCC2)c1. The number of aryl methyl sites for hydroxylation is 1. The second-order valence-electron chi connectivity index (χ2n) is 5.91. The monoisotopic (exact) mass is 274 g/mol. The van der Waals surface area contributed by atoms with Crippen molar-refractivity contribution in [1.82, 2.24) is 5.32 Å². The molecule has 1 aliphatic rings. The number of nitrogens with two attached hydrogens (primary N) is 1. The minimum atomic E-state index is -0.297. The number of nitrogens with one attached hydrogen (secondary N) is 1. The van der Waals surface area contributed by atoms with E-state index in [0.29, 0.717) is 6.54 Å². The Labute approximate surface area is 121 Å². The molecule has 1 aromatic rings. The zero-order valence-corrected chi connectivity index (χ0v) is 12.5. The van der Waals surface area contributed by atoms with E-state index in [9.17, 15) is 4.79 Å². The van der Waals surface area contributed by atoms with Crippen molar-refractivity contribution in [2.24, 2.45) is 5.73 Å². The topological polar surface area (TPSA) is 55.1 Å². The lowest BCUT2D eigenvalue weighted by molar-refractivity contribution is -0.126. The fourth-order valence-electron chi connectivity index (χ4n) is 3.21. The van der Waals surface area contributed by atoms with Crippen LogP contribution < -0.4 is 11.1 Å². The summed E-state index contributed by atoms with van der Waals surface area (Å²) in [5.41, 5.74) is 7.60. The van der Waals surface area contributed by atoms with Gasteiger partial charge in [-0.15, -0.1) is 0 Å². The van der Waals surface area contributed by atoms with Gasteiger partial charge in [-0.3, -0.25) is 4.79 Å². The smallest absolute Gasteiger partial charge is 0.230 e. The van der Waals surface area contributed by atoms with Gasteiger partial charge < -0.3 is 11.1 Å². The number of hydrogen-bond donors (Lipinski definition) is 2. The Morgan fingerprint density at radius 3 is 2.70 bits per heavy atom. The zero-order chi connectivity index (χ0) is 14.4.